The standard InChI is InChI=1S/C19H23N3O4/c1-4-26-19(24)18-15-12-22(10-9-16(15)21(2)20-18)17(23)11-13-5-7-14(25-3)8-6-13/h5-8H,4,9-12H2,1-3H3. The van der Waals surface area contributed by atoms with Crippen molar-refractivity contribution in [1.82, 2.24) is 14.7 Å². The number of nitrogens with zero attached hydrogens (tertiary/aromatic N) is 3. The first-order valence-corrected chi connectivity index (χ1v) is 8.66. The van der Waals surface area contributed by atoms with Gasteiger partial charge in [-0.1, -0.05) is 12.1 Å². The van der Waals surface area contributed by atoms with Gasteiger partial charge in [-0.15, -0.1) is 0 Å². The summed E-state index contributed by atoms with van der Waals surface area (Å²) < 4.78 is 11.9. The van der Waals surface area contributed by atoms with E-state index in [-0.39, 0.29) is 5.91 Å². The number of fused-ring (bicyclic) bond motifs is 1. The maximum atomic E-state index is 12.7. The fourth-order valence-corrected chi connectivity index (χ4v) is 3.20. The molecule has 2 aromatic rings. The van der Waals surface area contributed by atoms with Crippen LogP contribution in [0.2, 0.25) is 0 Å². The zero-order chi connectivity index (χ0) is 18.7. The number of rotatable bonds is 5. The Kier molecular flexibility index (Phi) is 5.25. The second kappa shape index (κ2) is 7.59. The predicted molar refractivity (Wildman–Crippen MR) is 95.0 cm³/mol. The highest BCUT2D eigenvalue weighted by molar-refractivity contribution is 5.89. The molecule has 138 valence electrons. The number of aryl methyl sites for hydroxylation is 1. The molecule has 1 aliphatic rings. The van der Waals surface area contributed by atoms with Gasteiger partial charge in [-0.25, -0.2) is 4.79 Å². The van der Waals surface area contributed by atoms with Gasteiger partial charge in [0.05, 0.1) is 20.1 Å². The lowest BCUT2D eigenvalue weighted by Crippen LogP contribution is -2.37. The summed E-state index contributed by atoms with van der Waals surface area (Å²) in [6.45, 7) is 3.05. The highest BCUT2D eigenvalue weighted by atomic mass is 16.5. The van der Waals surface area contributed by atoms with Gasteiger partial charge >= 0.3 is 5.97 Å². The van der Waals surface area contributed by atoms with Crippen LogP contribution in [0.5, 0.6) is 5.75 Å². The summed E-state index contributed by atoms with van der Waals surface area (Å²) in [7, 11) is 3.43. The van der Waals surface area contributed by atoms with E-state index in [2.05, 4.69) is 5.10 Å². The molecule has 0 N–H and O–H groups in total. The second-order valence-electron chi connectivity index (χ2n) is 6.21. The van der Waals surface area contributed by atoms with Crippen LogP contribution in [0.15, 0.2) is 24.3 Å². The smallest absolute Gasteiger partial charge is 0.359 e. The van der Waals surface area contributed by atoms with Crippen molar-refractivity contribution in [3.8, 4) is 5.75 Å². The fraction of sp³-hybridized carbons (Fsp3) is 0.421. The van der Waals surface area contributed by atoms with Crippen molar-refractivity contribution in [2.75, 3.05) is 20.3 Å². The van der Waals surface area contributed by atoms with Crippen molar-refractivity contribution >= 4 is 11.9 Å². The number of carbonyl (C=O) groups is 2. The quantitative estimate of drug-likeness (QED) is 0.762. The van der Waals surface area contributed by atoms with E-state index in [4.69, 9.17) is 9.47 Å². The van der Waals surface area contributed by atoms with E-state index in [0.29, 0.717) is 38.2 Å². The van der Waals surface area contributed by atoms with E-state index in [9.17, 15) is 9.59 Å². The molecule has 1 amide bonds. The Balaban J connectivity index is 1.74. The van der Waals surface area contributed by atoms with E-state index >= 15 is 0 Å². The van der Waals surface area contributed by atoms with Gasteiger partial charge in [0.2, 0.25) is 5.91 Å². The fourth-order valence-electron chi connectivity index (χ4n) is 3.20. The summed E-state index contributed by atoms with van der Waals surface area (Å²) in [4.78, 5) is 26.6. The van der Waals surface area contributed by atoms with Gasteiger partial charge in [-0.3, -0.25) is 9.48 Å². The van der Waals surface area contributed by atoms with Crippen molar-refractivity contribution in [3.63, 3.8) is 0 Å². The summed E-state index contributed by atoms with van der Waals surface area (Å²) in [5, 5.41) is 4.30. The number of ether oxygens (including phenoxy) is 2. The minimum atomic E-state index is -0.436. The lowest BCUT2D eigenvalue weighted by molar-refractivity contribution is -0.131. The summed E-state index contributed by atoms with van der Waals surface area (Å²) in [5.41, 5.74) is 3.02. The van der Waals surface area contributed by atoms with Crippen LogP contribution in [0.25, 0.3) is 0 Å². The van der Waals surface area contributed by atoms with E-state index in [1.807, 2.05) is 31.3 Å². The molecule has 0 saturated heterocycles. The minimum absolute atomic E-state index is 0.0273. The third-order valence-electron chi connectivity index (χ3n) is 4.58. The number of benzene rings is 1. The molecule has 1 aromatic carbocycles. The van der Waals surface area contributed by atoms with Crippen LogP contribution < -0.4 is 4.74 Å². The predicted octanol–water partition coefficient (Wildman–Crippen LogP) is 1.73. The Morgan fingerprint density at radius 3 is 2.62 bits per heavy atom. The average molecular weight is 357 g/mol. The SMILES string of the molecule is CCOC(=O)c1nn(C)c2c1CN(C(=O)Cc1ccc(OC)cc1)CC2. The molecule has 0 spiro atoms. The normalized spacial score (nSPS) is 13.3. The number of hydrogen-bond acceptors (Lipinski definition) is 5. The van der Waals surface area contributed by atoms with E-state index < -0.39 is 5.97 Å². The van der Waals surface area contributed by atoms with E-state index in [1.165, 1.54) is 0 Å². The molecule has 0 bridgehead atoms. The summed E-state index contributed by atoms with van der Waals surface area (Å²) in [5.74, 6) is 0.353. The average Bonchev–Trinajstić information content (AvgIpc) is 2.99. The van der Waals surface area contributed by atoms with Crippen molar-refractivity contribution in [1.29, 1.82) is 0 Å². The second-order valence-corrected chi connectivity index (χ2v) is 6.21. The zero-order valence-corrected chi connectivity index (χ0v) is 15.3. The van der Waals surface area contributed by atoms with Gasteiger partial charge in [0.1, 0.15) is 5.75 Å². The van der Waals surface area contributed by atoms with Crippen LogP contribution in [0.3, 0.4) is 0 Å². The molecule has 0 atom stereocenters. The molecule has 2 heterocycles. The van der Waals surface area contributed by atoms with Crippen molar-refractivity contribution in [3.05, 3.63) is 46.8 Å². The van der Waals surface area contributed by atoms with Crippen LogP contribution in [0.1, 0.15) is 34.2 Å². The van der Waals surface area contributed by atoms with Gasteiger partial charge in [0.15, 0.2) is 5.69 Å². The third kappa shape index (κ3) is 3.56. The Hall–Kier alpha value is -2.83. The summed E-state index contributed by atoms with van der Waals surface area (Å²) in [6.07, 6.45) is 0.987. The summed E-state index contributed by atoms with van der Waals surface area (Å²) in [6, 6.07) is 7.47. The summed E-state index contributed by atoms with van der Waals surface area (Å²) >= 11 is 0. The third-order valence-corrected chi connectivity index (χ3v) is 4.58. The Morgan fingerprint density at radius 1 is 1.23 bits per heavy atom. The molecule has 0 aliphatic carbocycles. The van der Waals surface area contributed by atoms with Crippen LogP contribution in [-0.4, -0.2) is 46.8 Å². The molecule has 1 aromatic heterocycles. The number of amides is 1. The lowest BCUT2D eigenvalue weighted by atomic mass is 10.0. The molecule has 0 saturated carbocycles. The lowest BCUT2D eigenvalue weighted by Gasteiger charge is -2.27. The van der Waals surface area contributed by atoms with Crippen molar-refractivity contribution in [2.45, 2.75) is 26.3 Å². The van der Waals surface area contributed by atoms with Gasteiger partial charge in [0.25, 0.3) is 0 Å². The monoisotopic (exact) mass is 357 g/mol. The van der Waals surface area contributed by atoms with Gasteiger partial charge in [-0.05, 0) is 24.6 Å². The Morgan fingerprint density at radius 2 is 1.96 bits per heavy atom. The maximum Gasteiger partial charge on any atom is 0.359 e. The molecule has 26 heavy (non-hydrogen) atoms. The van der Waals surface area contributed by atoms with Crippen molar-refractivity contribution in [2.24, 2.45) is 7.05 Å². The highest BCUT2D eigenvalue weighted by Gasteiger charge is 2.29. The molecule has 7 nitrogen and oxygen atoms in total. The molecule has 3 rings (SSSR count). The Bertz CT molecular complexity index is 811. The molecule has 1 aliphatic heterocycles. The number of hydrogen-bond donors (Lipinski definition) is 0. The first-order chi connectivity index (χ1) is 12.5. The van der Waals surface area contributed by atoms with Crippen LogP contribution in [0.4, 0.5) is 0 Å². The number of esters is 1. The van der Waals surface area contributed by atoms with Gasteiger partial charge in [0, 0.05) is 37.8 Å². The van der Waals surface area contributed by atoms with Gasteiger partial charge in [-0.2, -0.15) is 5.10 Å². The number of aromatic nitrogens is 2. The van der Waals surface area contributed by atoms with Crippen LogP contribution >= 0.6 is 0 Å². The molecular weight excluding hydrogens is 334 g/mol. The van der Waals surface area contributed by atoms with Crippen LogP contribution in [-0.2, 0) is 36.0 Å². The van der Waals surface area contributed by atoms with E-state index in [1.54, 1.807) is 23.6 Å². The number of methoxy groups -OCH3 is 1. The maximum absolute atomic E-state index is 12.7. The molecule has 7 heteroatoms. The molecule has 0 fully saturated rings. The zero-order valence-electron chi connectivity index (χ0n) is 15.3. The minimum Gasteiger partial charge on any atom is -0.497 e. The highest BCUT2D eigenvalue weighted by Crippen LogP contribution is 2.23. The topological polar surface area (TPSA) is 73.7 Å². The first-order valence-electron chi connectivity index (χ1n) is 8.66. The molecule has 0 unspecified atom stereocenters. The van der Waals surface area contributed by atoms with Crippen LogP contribution in [0, 0.1) is 0 Å². The van der Waals surface area contributed by atoms with E-state index in [0.717, 1.165) is 22.6 Å². The van der Waals surface area contributed by atoms with Crippen molar-refractivity contribution < 1.29 is 19.1 Å². The first kappa shape index (κ1) is 18.0. The largest absolute Gasteiger partial charge is 0.497 e. The van der Waals surface area contributed by atoms with Gasteiger partial charge < -0.3 is 14.4 Å². The number of carbonyl (C=O) groups excluding carboxylic acids is 2. The molecule has 0 radical (unpaired) electrons. The molecular formula is C19H23N3O4. The Labute approximate surface area is 152 Å².